The molecule has 2 heterocycles. The van der Waals surface area contributed by atoms with Crippen LogP contribution in [-0.2, 0) is 4.57 Å². The molecule has 0 amide bonds. The van der Waals surface area contributed by atoms with Crippen molar-refractivity contribution < 1.29 is 4.57 Å². The maximum atomic E-state index is 17.2. The van der Waals surface area contributed by atoms with Gasteiger partial charge in [-0.05, 0) is 97.3 Å². The maximum Gasteiger partial charge on any atom is 0.317 e. The molecule has 0 aliphatic carbocycles. The lowest BCUT2D eigenvalue weighted by molar-refractivity contribution is 0.584. The quantitative estimate of drug-likeness (QED) is 0.125. The molecule has 0 aromatic heterocycles. The molecule has 0 radical (unpaired) electrons. The highest BCUT2D eigenvalue weighted by Crippen LogP contribution is 2.71. The first-order valence-corrected chi connectivity index (χ1v) is 26.3. The fourth-order valence-electron chi connectivity index (χ4n) is 9.34. The van der Waals surface area contributed by atoms with Crippen LogP contribution in [-0.4, -0.2) is 18.5 Å². The zero-order valence-corrected chi connectivity index (χ0v) is 42.0. The predicted molar refractivity (Wildman–Crippen MR) is 270 cm³/mol. The average Bonchev–Trinajstić information content (AvgIpc) is 3.78. The predicted octanol–water partition coefficient (Wildman–Crippen LogP) is 16.8. The van der Waals surface area contributed by atoms with Gasteiger partial charge in [-0.25, -0.2) is 0 Å². The second-order valence-electron chi connectivity index (χ2n) is 19.7. The molecule has 0 bridgehead atoms. The Morgan fingerprint density at radius 3 is 0.869 bits per heavy atom. The molecular formula is C54H74N4OP2. The molecule has 4 aromatic rings. The number of hydrogen-bond acceptors (Lipinski definition) is 3. The summed E-state index contributed by atoms with van der Waals surface area (Å²) in [5, 5.41) is 0. The summed E-state index contributed by atoms with van der Waals surface area (Å²) in [4.78, 5) is 4.75. The molecule has 1 fully saturated rings. The molecule has 4 aromatic carbocycles. The minimum atomic E-state index is -3.49. The summed E-state index contributed by atoms with van der Waals surface area (Å²) in [6.07, 6.45) is 4.48. The number of hydrogen-bond donors (Lipinski definition) is 0. The summed E-state index contributed by atoms with van der Waals surface area (Å²) >= 11 is 0. The third-order valence-corrected chi connectivity index (χ3v) is 17.6. The van der Waals surface area contributed by atoms with Gasteiger partial charge in [0.1, 0.15) is 0 Å². The second-order valence-corrected chi connectivity index (χ2v) is 24.3. The van der Waals surface area contributed by atoms with Crippen LogP contribution in [0.5, 0.6) is 0 Å². The minimum Gasteiger partial charge on any atom is -0.298 e. The molecule has 1 saturated heterocycles. The van der Waals surface area contributed by atoms with E-state index in [1.165, 1.54) is 55.9 Å². The number of anilines is 4. The van der Waals surface area contributed by atoms with Crippen molar-refractivity contribution in [1.29, 1.82) is 0 Å². The van der Waals surface area contributed by atoms with Crippen LogP contribution in [0.2, 0.25) is 0 Å². The highest BCUT2D eigenvalue weighted by Gasteiger charge is 2.46. The zero-order chi connectivity index (χ0) is 44.7. The number of benzene rings is 4. The lowest BCUT2D eigenvalue weighted by Gasteiger charge is -2.35. The van der Waals surface area contributed by atoms with Crippen LogP contribution in [0.15, 0.2) is 91.0 Å². The summed E-state index contributed by atoms with van der Waals surface area (Å²) < 4.78 is 21.9. The Morgan fingerprint density at radius 2 is 0.639 bits per heavy atom. The molecule has 2 aliphatic rings. The molecule has 0 N–H and O–H groups in total. The van der Waals surface area contributed by atoms with Crippen molar-refractivity contribution in [2.75, 3.05) is 32.2 Å². The highest BCUT2D eigenvalue weighted by atomic mass is 32.1. The van der Waals surface area contributed by atoms with E-state index in [0.717, 1.165) is 17.2 Å². The monoisotopic (exact) mass is 857 g/mol. The van der Waals surface area contributed by atoms with E-state index in [9.17, 15) is 0 Å². The summed E-state index contributed by atoms with van der Waals surface area (Å²) in [5.74, 6) is 3.16. The normalized spacial score (nSPS) is 15.6. The standard InChI is InChI=1S/C54H74N4OP2/c1-34(2)42-21-17-22-43(35(3)4)51(42)55-29-30-56(52-44(36(5)6)23-18-24-45(52)37(7)8)50(55)33-60-61(59)57(53-46(38(9)10)25-19-26-47(53)39(11)12)31-32-58(61)54-48(40(13)14)27-20-28-49(54)41(15)16/h17-30,34-41H,31-32H2,1-16H3. The van der Waals surface area contributed by atoms with Crippen LogP contribution < -0.4 is 19.1 Å². The molecule has 0 unspecified atom stereocenters. The van der Waals surface area contributed by atoms with Gasteiger partial charge in [-0.15, -0.1) is 0 Å². The van der Waals surface area contributed by atoms with Gasteiger partial charge in [-0.1, -0.05) is 184 Å². The Balaban J connectivity index is 1.77. The summed E-state index contributed by atoms with van der Waals surface area (Å²) in [6, 6.07) is 27.0. The van der Waals surface area contributed by atoms with Crippen molar-refractivity contribution in [3.05, 3.63) is 136 Å². The molecule has 5 nitrogen and oxygen atoms in total. The first-order chi connectivity index (χ1) is 28.8. The Kier molecular flexibility index (Phi) is 14.3. The fourth-order valence-corrected chi connectivity index (χ4v) is 14.3. The maximum absolute atomic E-state index is 17.2. The van der Waals surface area contributed by atoms with Crippen LogP contribution in [0.1, 0.15) is 203 Å². The topological polar surface area (TPSA) is 30.0 Å². The van der Waals surface area contributed by atoms with Gasteiger partial charge < -0.3 is 0 Å². The van der Waals surface area contributed by atoms with Gasteiger partial charge >= 0.3 is 7.13 Å². The molecule has 0 saturated carbocycles. The van der Waals surface area contributed by atoms with Gasteiger partial charge in [0.2, 0.25) is 0 Å². The Hall–Kier alpha value is -4.00. The van der Waals surface area contributed by atoms with Crippen LogP contribution >= 0.6 is 15.0 Å². The Morgan fingerprint density at radius 1 is 0.410 bits per heavy atom. The lowest BCUT2D eigenvalue weighted by Crippen LogP contribution is -2.27. The third-order valence-electron chi connectivity index (χ3n) is 12.6. The fraction of sp³-hybridized carbons (Fsp3) is 0.481. The molecule has 326 valence electrons. The first-order valence-electron chi connectivity index (χ1n) is 23.1. The van der Waals surface area contributed by atoms with Crippen molar-refractivity contribution >= 4 is 43.2 Å². The molecule has 61 heavy (non-hydrogen) atoms. The van der Waals surface area contributed by atoms with Crippen molar-refractivity contribution in [3.63, 3.8) is 0 Å². The van der Waals surface area contributed by atoms with Gasteiger partial charge in [0, 0.05) is 25.5 Å². The summed E-state index contributed by atoms with van der Waals surface area (Å²) in [5.41, 5.74) is 18.9. The molecule has 0 atom stereocenters. The summed E-state index contributed by atoms with van der Waals surface area (Å²) in [7, 11) is -2.84. The minimum absolute atomic E-state index is 0.262. The van der Waals surface area contributed by atoms with E-state index in [2.05, 4.69) is 221 Å². The molecular weight excluding hydrogens is 783 g/mol. The van der Waals surface area contributed by atoms with Gasteiger partial charge in [-0.3, -0.25) is 23.7 Å². The number of para-hydroxylation sites is 4. The van der Waals surface area contributed by atoms with Crippen molar-refractivity contribution in [2.45, 2.75) is 158 Å². The molecule has 0 spiro atoms. The van der Waals surface area contributed by atoms with E-state index < -0.39 is 7.13 Å². The Bertz CT molecular complexity index is 2100. The van der Waals surface area contributed by atoms with E-state index in [4.69, 9.17) is 0 Å². The largest absolute Gasteiger partial charge is 0.317 e. The van der Waals surface area contributed by atoms with Crippen LogP contribution in [0.3, 0.4) is 0 Å². The molecule has 2 aliphatic heterocycles. The summed E-state index contributed by atoms with van der Waals surface area (Å²) in [6.45, 7) is 37.9. The van der Waals surface area contributed by atoms with Crippen LogP contribution in [0.4, 0.5) is 22.7 Å². The van der Waals surface area contributed by atoms with E-state index in [-0.39, 0.29) is 23.7 Å². The SMILES string of the molecule is CC(C)c1cccc(C(C)C)c1N1C=CN(c2c(C(C)C)cccc2C(C)C)C1=C=PP1(=O)N(c2c(C(C)C)cccc2C(C)C)CCN1c1c(C(C)C)cccc1C(C)C. The smallest absolute Gasteiger partial charge is 0.298 e. The first kappa shape index (κ1) is 46.5. The van der Waals surface area contributed by atoms with E-state index >= 15 is 4.57 Å². The van der Waals surface area contributed by atoms with Gasteiger partial charge in [0.05, 0.1) is 30.6 Å². The van der Waals surface area contributed by atoms with Gasteiger partial charge in [0.15, 0.2) is 5.82 Å². The van der Waals surface area contributed by atoms with E-state index in [1.807, 2.05) is 0 Å². The lowest BCUT2D eigenvalue weighted by atomic mass is 9.91. The number of nitrogens with zero attached hydrogens (tertiary/aromatic N) is 4. The van der Waals surface area contributed by atoms with Crippen LogP contribution in [0.25, 0.3) is 0 Å². The average molecular weight is 857 g/mol. The highest BCUT2D eigenvalue weighted by molar-refractivity contribution is 8.25. The van der Waals surface area contributed by atoms with Crippen molar-refractivity contribution in [3.8, 4) is 0 Å². The number of rotatable bonds is 13. The van der Waals surface area contributed by atoms with Crippen molar-refractivity contribution in [1.82, 2.24) is 0 Å². The molecule has 7 heteroatoms. The van der Waals surface area contributed by atoms with Crippen molar-refractivity contribution in [2.24, 2.45) is 0 Å². The second kappa shape index (κ2) is 18.8. The van der Waals surface area contributed by atoms with Gasteiger partial charge in [0.25, 0.3) is 0 Å². The van der Waals surface area contributed by atoms with Crippen LogP contribution in [0, 0.1) is 0 Å². The Labute approximate surface area is 372 Å². The van der Waals surface area contributed by atoms with Gasteiger partial charge in [-0.2, -0.15) is 0 Å². The van der Waals surface area contributed by atoms with E-state index in [0.29, 0.717) is 44.7 Å². The zero-order valence-electron chi connectivity index (χ0n) is 40.2. The van der Waals surface area contributed by atoms with E-state index in [1.54, 1.807) is 0 Å². The third kappa shape index (κ3) is 8.83. The molecule has 6 rings (SSSR count).